The molecule has 0 radical (unpaired) electrons. The first-order valence-electron chi connectivity index (χ1n) is 8.61. The first-order chi connectivity index (χ1) is 14.0. The summed E-state index contributed by atoms with van der Waals surface area (Å²) in [7, 11) is 0. The predicted molar refractivity (Wildman–Crippen MR) is 107 cm³/mol. The van der Waals surface area contributed by atoms with Gasteiger partial charge in [-0.05, 0) is 36.4 Å². The Morgan fingerprint density at radius 1 is 0.966 bits per heavy atom. The van der Waals surface area contributed by atoms with Gasteiger partial charge in [0.25, 0.3) is 5.69 Å². The number of para-hydroxylation sites is 1. The second-order valence-electron chi connectivity index (χ2n) is 6.19. The van der Waals surface area contributed by atoms with Crippen LogP contribution in [0, 0.1) is 10.1 Å². The van der Waals surface area contributed by atoms with E-state index in [0.717, 1.165) is 0 Å². The molecule has 0 N–H and O–H groups in total. The lowest BCUT2D eigenvalue weighted by atomic mass is 10.1. The summed E-state index contributed by atoms with van der Waals surface area (Å²) in [5.74, 6) is 0.272. The zero-order chi connectivity index (χ0) is 20.4. The molecular weight excluding hydrogens is 374 g/mol. The highest BCUT2D eigenvalue weighted by atomic mass is 16.6. The fraction of sp³-hybridized carbons (Fsp3) is 0. The fourth-order valence-electron chi connectivity index (χ4n) is 2.85. The highest BCUT2D eigenvalue weighted by molar-refractivity contribution is 6.07. The van der Waals surface area contributed by atoms with Crippen molar-refractivity contribution < 1.29 is 18.6 Å². The van der Waals surface area contributed by atoms with Crippen LogP contribution in [0.3, 0.4) is 0 Å². The lowest BCUT2D eigenvalue weighted by Crippen LogP contribution is -2.11. The van der Waals surface area contributed by atoms with Gasteiger partial charge in [0.2, 0.25) is 0 Å². The quantitative estimate of drug-likeness (QED) is 0.159. The number of allylic oxidation sites excluding steroid dienone is 1. The number of furan rings is 1. The molecule has 0 bridgehead atoms. The molecule has 0 saturated carbocycles. The molecule has 29 heavy (non-hydrogen) atoms. The lowest BCUT2D eigenvalue weighted by molar-refractivity contribution is -0.384. The van der Waals surface area contributed by atoms with Crippen LogP contribution in [0.25, 0.3) is 28.4 Å². The Morgan fingerprint density at radius 2 is 1.79 bits per heavy atom. The van der Waals surface area contributed by atoms with Gasteiger partial charge in [-0.3, -0.25) is 14.9 Å². The van der Waals surface area contributed by atoms with Gasteiger partial charge in [-0.15, -0.1) is 0 Å². The van der Waals surface area contributed by atoms with Crippen LogP contribution >= 0.6 is 0 Å². The minimum atomic E-state index is -0.713. The Bertz CT molecular complexity index is 1330. The molecule has 4 rings (SSSR count). The number of carbonyl (C=O) groups excluding carboxylic acids is 1. The maximum Gasteiger partial charge on any atom is 0.347 e. The summed E-state index contributed by atoms with van der Waals surface area (Å²) in [6.07, 6.45) is 2.65. The number of carbonyl (C=O) groups is 1. The van der Waals surface area contributed by atoms with Crippen molar-refractivity contribution in [1.29, 1.82) is 0 Å². The van der Waals surface area contributed by atoms with Crippen LogP contribution in [0.1, 0.15) is 16.1 Å². The SMILES string of the molecule is O=C(/C=C/c1ccc(-c2cccc([N+](=O)[O-])c2)o1)c1cc2ccccc2oc1=O. The fourth-order valence-corrected chi connectivity index (χ4v) is 2.85. The van der Waals surface area contributed by atoms with Crippen LogP contribution in [0.4, 0.5) is 5.69 Å². The molecule has 0 saturated heterocycles. The van der Waals surface area contributed by atoms with Crippen molar-refractivity contribution in [3.8, 4) is 11.3 Å². The van der Waals surface area contributed by atoms with E-state index in [-0.39, 0.29) is 11.3 Å². The first kappa shape index (κ1) is 18.1. The van der Waals surface area contributed by atoms with Crippen molar-refractivity contribution in [3.63, 3.8) is 0 Å². The van der Waals surface area contributed by atoms with Gasteiger partial charge in [-0.1, -0.05) is 30.3 Å². The number of hydrogen-bond donors (Lipinski definition) is 0. The molecule has 2 aromatic carbocycles. The molecule has 0 aliphatic carbocycles. The monoisotopic (exact) mass is 387 g/mol. The molecular formula is C22H13NO6. The van der Waals surface area contributed by atoms with Crippen molar-refractivity contribution in [1.82, 2.24) is 0 Å². The Labute approximate surface area is 163 Å². The molecule has 0 fully saturated rings. The molecule has 2 aromatic heterocycles. The number of nitro groups is 1. The van der Waals surface area contributed by atoms with Crippen molar-refractivity contribution in [2.24, 2.45) is 0 Å². The molecule has 0 unspecified atom stereocenters. The molecule has 4 aromatic rings. The first-order valence-corrected chi connectivity index (χ1v) is 8.61. The summed E-state index contributed by atoms with van der Waals surface area (Å²) in [5, 5.41) is 11.6. The number of rotatable bonds is 5. The Morgan fingerprint density at radius 3 is 2.62 bits per heavy atom. The van der Waals surface area contributed by atoms with E-state index >= 15 is 0 Å². The second kappa shape index (κ2) is 7.40. The largest absolute Gasteiger partial charge is 0.457 e. The van der Waals surface area contributed by atoms with Gasteiger partial charge in [-0.2, -0.15) is 0 Å². The number of ketones is 1. The standard InChI is InChI=1S/C22H13NO6/c24-19(18-13-15-4-1-2-7-20(15)29-22(18)25)10-8-17-9-11-21(28-17)14-5-3-6-16(12-14)23(26)27/h1-13H/b10-8+. The number of hydrogen-bond acceptors (Lipinski definition) is 6. The van der Waals surface area contributed by atoms with Gasteiger partial charge in [0.05, 0.1) is 4.92 Å². The van der Waals surface area contributed by atoms with Crippen molar-refractivity contribution >= 4 is 28.5 Å². The molecule has 7 nitrogen and oxygen atoms in total. The smallest absolute Gasteiger partial charge is 0.347 e. The molecule has 2 heterocycles. The van der Waals surface area contributed by atoms with E-state index < -0.39 is 16.3 Å². The molecule has 142 valence electrons. The minimum Gasteiger partial charge on any atom is -0.457 e. The highest BCUT2D eigenvalue weighted by Crippen LogP contribution is 2.26. The van der Waals surface area contributed by atoms with Crippen molar-refractivity contribution in [2.45, 2.75) is 0 Å². The number of non-ortho nitro benzene ring substituents is 1. The number of nitro benzene ring substituents is 1. The normalized spacial score (nSPS) is 11.2. The van der Waals surface area contributed by atoms with Gasteiger partial charge < -0.3 is 8.83 Å². The van der Waals surface area contributed by atoms with E-state index in [1.54, 1.807) is 48.5 Å². The summed E-state index contributed by atoms with van der Waals surface area (Å²) in [6.45, 7) is 0. The van der Waals surface area contributed by atoms with Crippen LogP contribution in [0.5, 0.6) is 0 Å². The topological polar surface area (TPSA) is 104 Å². The number of nitrogens with zero attached hydrogens (tertiary/aromatic N) is 1. The minimum absolute atomic E-state index is 0.0470. The zero-order valence-corrected chi connectivity index (χ0v) is 14.9. The molecule has 7 heteroatoms. The van der Waals surface area contributed by atoms with Crippen LogP contribution in [0.15, 0.2) is 86.4 Å². The molecule has 0 amide bonds. The Hall–Kier alpha value is -4.26. The third-order valence-electron chi connectivity index (χ3n) is 4.27. The maximum absolute atomic E-state index is 12.4. The third kappa shape index (κ3) is 3.74. The summed E-state index contributed by atoms with van der Waals surface area (Å²) < 4.78 is 10.8. The average Bonchev–Trinajstić information content (AvgIpc) is 3.20. The van der Waals surface area contributed by atoms with Crippen molar-refractivity contribution in [3.05, 3.63) is 105 Å². The molecule has 0 aliphatic rings. The van der Waals surface area contributed by atoms with E-state index in [9.17, 15) is 19.7 Å². The molecule has 0 spiro atoms. The maximum atomic E-state index is 12.4. The third-order valence-corrected chi connectivity index (χ3v) is 4.27. The summed E-state index contributed by atoms with van der Waals surface area (Å²) in [6, 6.07) is 17.7. The van der Waals surface area contributed by atoms with E-state index in [4.69, 9.17) is 8.83 Å². The zero-order valence-electron chi connectivity index (χ0n) is 14.9. The summed E-state index contributed by atoms with van der Waals surface area (Å²) in [5.41, 5.74) is 0.112. The number of benzene rings is 2. The van der Waals surface area contributed by atoms with Crippen LogP contribution < -0.4 is 5.63 Å². The highest BCUT2D eigenvalue weighted by Gasteiger charge is 2.12. The lowest BCUT2D eigenvalue weighted by Gasteiger charge is -1.98. The molecule has 0 aliphatic heterocycles. The van der Waals surface area contributed by atoms with Crippen LogP contribution in [-0.4, -0.2) is 10.7 Å². The van der Waals surface area contributed by atoms with E-state index in [2.05, 4.69) is 0 Å². The van der Waals surface area contributed by atoms with Gasteiger partial charge in [0.15, 0.2) is 5.78 Å². The Balaban J connectivity index is 1.58. The van der Waals surface area contributed by atoms with Crippen molar-refractivity contribution in [2.75, 3.05) is 0 Å². The van der Waals surface area contributed by atoms with E-state index in [1.165, 1.54) is 30.4 Å². The van der Waals surface area contributed by atoms with Crippen LogP contribution in [0.2, 0.25) is 0 Å². The summed E-state index contributed by atoms with van der Waals surface area (Å²) >= 11 is 0. The van der Waals surface area contributed by atoms with Crippen LogP contribution in [-0.2, 0) is 0 Å². The second-order valence-corrected chi connectivity index (χ2v) is 6.19. The Kier molecular flexibility index (Phi) is 4.62. The van der Waals surface area contributed by atoms with Gasteiger partial charge >= 0.3 is 5.63 Å². The van der Waals surface area contributed by atoms with E-state index in [0.29, 0.717) is 28.1 Å². The van der Waals surface area contributed by atoms with E-state index in [1.807, 2.05) is 0 Å². The number of fused-ring (bicyclic) bond motifs is 1. The predicted octanol–water partition coefficient (Wildman–Crippen LogP) is 4.86. The van der Waals surface area contributed by atoms with Gasteiger partial charge in [0, 0.05) is 23.1 Å². The average molecular weight is 387 g/mol. The molecule has 0 atom stereocenters. The van der Waals surface area contributed by atoms with Gasteiger partial charge in [0.1, 0.15) is 22.7 Å². The van der Waals surface area contributed by atoms with Gasteiger partial charge in [-0.25, -0.2) is 4.79 Å². The summed E-state index contributed by atoms with van der Waals surface area (Å²) in [4.78, 5) is 34.9.